The van der Waals surface area contributed by atoms with E-state index >= 15 is 0 Å². The Morgan fingerprint density at radius 1 is 1.00 bits per heavy atom. The Kier molecular flexibility index (Phi) is 3.60. The Morgan fingerprint density at radius 2 is 1.69 bits per heavy atom. The molecule has 2 saturated carbocycles. The number of rotatable bonds is 2. The summed E-state index contributed by atoms with van der Waals surface area (Å²) in [7, 11) is 0. The first-order chi connectivity index (χ1) is 7.62. The monoisotopic (exact) mass is 226 g/mol. The van der Waals surface area contributed by atoms with Crippen LogP contribution in [0, 0.1) is 11.3 Å². The molecule has 2 rings (SSSR count). The molecule has 0 aromatic carbocycles. The molecule has 0 saturated heterocycles. The van der Waals surface area contributed by atoms with Gasteiger partial charge in [0.2, 0.25) is 0 Å². The van der Waals surface area contributed by atoms with Crippen LogP contribution in [-0.2, 0) is 0 Å². The second-order valence-corrected chi connectivity index (χ2v) is 6.21. The van der Waals surface area contributed by atoms with Gasteiger partial charge in [0.05, 0.1) is 12.2 Å². The van der Waals surface area contributed by atoms with E-state index in [-0.39, 0.29) is 12.0 Å². The molecule has 2 N–H and O–H groups in total. The van der Waals surface area contributed by atoms with Crippen LogP contribution < -0.4 is 0 Å². The average Bonchev–Trinajstić information content (AvgIpc) is 2.70. The average molecular weight is 226 g/mol. The van der Waals surface area contributed by atoms with E-state index in [1.807, 2.05) is 0 Å². The van der Waals surface area contributed by atoms with Crippen LogP contribution in [0.2, 0.25) is 0 Å². The lowest BCUT2D eigenvalue weighted by Gasteiger charge is -2.44. The van der Waals surface area contributed by atoms with Gasteiger partial charge in [-0.05, 0) is 38.0 Å². The van der Waals surface area contributed by atoms with E-state index in [1.165, 1.54) is 19.3 Å². The zero-order valence-electron chi connectivity index (χ0n) is 10.5. The van der Waals surface area contributed by atoms with Gasteiger partial charge in [-0.2, -0.15) is 0 Å². The van der Waals surface area contributed by atoms with Gasteiger partial charge < -0.3 is 10.2 Å². The fourth-order valence-electron chi connectivity index (χ4n) is 3.85. The molecule has 0 aliphatic heterocycles. The van der Waals surface area contributed by atoms with E-state index in [2.05, 4.69) is 6.92 Å². The lowest BCUT2D eigenvalue weighted by atomic mass is 9.67. The molecule has 0 spiro atoms. The van der Waals surface area contributed by atoms with Crippen molar-refractivity contribution >= 4 is 0 Å². The molecular weight excluding hydrogens is 200 g/mol. The molecule has 2 aliphatic rings. The molecule has 2 atom stereocenters. The first-order valence-corrected chi connectivity index (χ1v) is 6.95. The number of hydrogen-bond donors (Lipinski definition) is 2. The third kappa shape index (κ3) is 2.02. The van der Waals surface area contributed by atoms with Gasteiger partial charge in [-0.25, -0.2) is 0 Å². The van der Waals surface area contributed by atoms with Crippen molar-refractivity contribution in [2.75, 3.05) is 6.61 Å². The van der Waals surface area contributed by atoms with Crippen LogP contribution in [0.5, 0.6) is 0 Å². The maximum Gasteiger partial charge on any atom is 0.0725 e. The summed E-state index contributed by atoms with van der Waals surface area (Å²) >= 11 is 0. The molecule has 0 aromatic rings. The molecule has 0 radical (unpaired) electrons. The molecule has 0 amide bonds. The summed E-state index contributed by atoms with van der Waals surface area (Å²) in [6, 6.07) is 0. The van der Waals surface area contributed by atoms with Crippen LogP contribution in [0.3, 0.4) is 0 Å². The van der Waals surface area contributed by atoms with E-state index in [1.54, 1.807) is 0 Å². The Morgan fingerprint density at radius 3 is 2.31 bits per heavy atom. The highest BCUT2D eigenvalue weighted by molar-refractivity contribution is 5.02. The minimum Gasteiger partial charge on any atom is -0.396 e. The van der Waals surface area contributed by atoms with Gasteiger partial charge in [0, 0.05) is 5.41 Å². The van der Waals surface area contributed by atoms with Crippen molar-refractivity contribution in [1.82, 2.24) is 0 Å². The third-order valence-corrected chi connectivity index (χ3v) is 5.19. The van der Waals surface area contributed by atoms with Gasteiger partial charge in [0.25, 0.3) is 0 Å². The van der Waals surface area contributed by atoms with Crippen molar-refractivity contribution in [3.63, 3.8) is 0 Å². The number of aliphatic hydroxyl groups excluding tert-OH is 1. The van der Waals surface area contributed by atoms with Gasteiger partial charge in [0.15, 0.2) is 0 Å². The molecule has 0 heterocycles. The van der Waals surface area contributed by atoms with Crippen LogP contribution in [0.1, 0.15) is 64.7 Å². The normalized spacial score (nSPS) is 39.6. The number of hydrogen-bond acceptors (Lipinski definition) is 2. The Bertz CT molecular complexity index is 233. The van der Waals surface area contributed by atoms with Crippen molar-refractivity contribution in [3.8, 4) is 0 Å². The molecular formula is C14H26O2. The van der Waals surface area contributed by atoms with E-state index in [4.69, 9.17) is 0 Å². The summed E-state index contributed by atoms with van der Waals surface area (Å²) in [6.45, 7) is 2.46. The highest BCUT2D eigenvalue weighted by atomic mass is 16.3. The Balaban J connectivity index is 2.15. The molecule has 16 heavy (non-hydrogen) atoms. The summed E-state index contributed by atoms with van der Waals surface area (Å²) < 4.78 is 0. The molecule has 2 nitrogen and oxygen atoms in total. The Hall–Kier alpha value is -0.0800. The van der Waals surface area contributed by atoms with Gasteiger partial charge in [-0.1, -0.05) is 32.6 Å². The van der Waals surface area contributed by atoms with Crippen LogP contribution in [0.15, 0.2) is 0 Å². The van der Waals surface area contributed by atoms with Crippen LogP contribution in [0.25, 0.3) is 0 Å². The van der Waals surface area contributed by atoms with Crippen LogP contribution in [0.4, 0.5) is 0 Å². The van der Waals surface area contributed by atoms with Gasteiger partial charge >= 0.3 is 0 Å². The third-order valence-electron chi connectivity index (χ3n) is 5.19. The van der Waals surface area contributed by atoms with Crippen molar-refractivity contribution in [1.29, 1.82) is 0 Å². The first-order valence-electron chi connectivity index (χ1n) is 6.95. The quantitative estimate of drug-likeness (QED) is 0.711. The second kappa shape index (κ2) is 4.66. The fourth-order valence-corrected chi connectivity index (χ4v) is 3.85. The van der Waals surface area contributed by atoms with Crippen molar-refractivity contribution < 1.29 is 10.2 Å². The zero-order chi connectivity index (χ0) is 11.6. The highest BCUT2D eigenvalue weighted by Gasteiger charge is 2.51. The largest absolute Gasteiger partial charge is 0.396 e. The zero-order valence-corrected chi connectivity index (χ0v) is 10.5. The predicted octanol–water partition coefficient (Wildman–Crippen LogP) is 2.87. The summed E-state index contributed by atoms with van der Waals surface area (Å²) in [5.41, 5.74) is -0.750. The summed E-state index contributed by atoms with van der Waals surface area (Å²) in [6.07, 6.45) is 9.69. The molecule has 2 unspecified atom stereocenters. The SMILES string of the molecule is CC1CCCC(O)(C2(CO)CCCC2)CC1. The van der Waals surface area contributed by atoms with Gasteiger partial charge in [0.1, 0.15) is 0 Å². The first kappa shape index (κ1) is 12.4. The maximum absolute atomic E-state index is 11.0. The second-order valence-electron chi connectivity index (χ2n) is 6.21. The predicted molar refractivity (Wildman–Crippen MR) is 65.2 cm³/mol. The summed E-state index contributed by atoms with van der Waals surface area (Å²) in [4.78, 5) is 0. The molecule has 2 heteroatoms. The Labute approximate surface area is 99.1 Å². The van der Waals surface area contributed by atoms with Gasteiger partial charge in [-0.15, -0.1) is 0 Å². The molecule has 2 aliphatic carbocycles. The van der Waals surface area contributed by atoms with Crippen molar-refractivity contribution in [2.24, 2.45) is 11.3 Å². The minimum atomic E-state index is -0.580. The highest BCUT2D eigenvalue weighted by Crippen LogP contribution is 2.51. The lowest BCUT2D eigenvalue weighted by molar-refractivity contribution is -0.116. The lowest BCUT2D eigenvalue weighted by Crippen LogP contribution is -2.48. The molecule has 0 bridgehead atoms. The summed E-state index contributed by atoms with van der Waals surface area (Å²) in [5, 5.41) is 20.7. The smallest absolute Gasteiger partial charge is 0.0725 e. The van der Waals surface area contributed by atoms with Gasteiger partial charge in [-0.3, -0.25) is 0 Å². The minimum absolute atomic E-state index is 0.170. The van der Waals surface area contributed by atoms with E-state index in [9.17, 15) is 10.2 Å². The topological polar surface area (TPSA) is 40.5 Å². The molecule has 0 aromatic heterocycles. The van der Waals surface area contributed by atoms with E-state index in [0.717, 1.165) is 44.4 Å². The van der Waals surface area contributed by atoms with E-state index < -0.39 is 5.60 Å². The van der Waals surface area contributed by atoms with Crippen LogP contribution in [-0.4, -0.2) is 22.4 Å². The van der Waals surface area contributed by atoms with E-state index in [0.29, 0.717) is 0 Å². The molecule has 94 valence electrons. The fraction of sp³-hybridized carbons (Fsp3) is 1.00. The van der Waals surface area contributed by atoms with Crippen molar-refractivity contribution in [3.05, 3.63) is 0 Å². The van der Waals surface area contributed by atoms with Crippen molar-refractivity contribution in [2.45, 2.75) is 70.3 Å². The number of aliphatic hydroxyl groups is 2. The summed E-state index contributed by atoms with van der Waals surface area (Å²) in [5.74, 6) is 0.742. The standard InChI is InChI=1S/C14H26O2/c1-12-5-4-9-14(16,10-6-12)13(11-15)7-2-3-8-13/h12,15-16H,2-11H2,1H3. The van der Waals surface area contributed by atoms with Crippen LogP contribution >= 0.6 is 0 Å². The maximum atomic E-state index is 11.0. The molecule has 2 fully saturated rings.